The lowest BCUT2D eigenvalue weighted by Crippen LogP contribution is -2.32. The molecular formula is C14H18N4O4. The van der Waals surface area contributed by atoms with Gasteiger partial charge < -0.3 is 15.6 Å². The quantitative estimate of drug-likeness (QED) is 0.250. The first-order valence-corrected chi connectivity index (χ1v) is 6.83. The smallest absolute Gasteiger partial charge is 0.338 e. The zero-order chi connectivity index (χ0) is 16.5. The van der Waals surface area contributed by atoms with E-state index in [-0.39, 0.29) is 24.3 Å². The van der Waals surface area contributed by atoms with Crippen molar-refractivity contribution in [3.63, 3.8) is 0 Å². The summed E-state index contributed by atoms with van der Waals surface area (Å²) in [6, 6.07) is 3.25. The van der Waals surface area contributed by atoms with Crippen molar-refractivity contribution in [3.8, 4) is 0 Å². The molecule has 0 aliphatic heterocycles. The number of azide groups is 1. The Morgan fingerprint density at radius 1 is 1.50 bits per heavy atom. The van der Waals surface area contributed by atoms with E-state index >= 15 is 0 Å². The Balaban J connectivity index is 3.06. The number of nitrogens with two attached hydrogens (primary N) is 1. The monoisotopic (exact) mass is 306 g/mol. The molecule has 0 saturated heterocycles. The number of carboxylic acids is 1. The van der Waals surface area contributed by atoms with E-state index in [1.54, 1.807) is 0 Å². The average molecular weight is 306 g/mol. The SMILES string of the molecule is CCCCOC(=O)c1cc(N=[N+]=[N-])ccc1CC(N)C(=O)O. The van der Waals surface area contributed by atoms with Crippen LogP contribution in [0.3, 0.4) is 0 Å². The van der Waals surface area contributed by atoms with Crippen molar-refractivity contribution in [2.75, 3.05) is 6.61 Å². The molecule has 8 heteroatoms. The van der Waals surface area contributed by atoms with Gasteiger partial charge in [-0.05, 0) is 30.0 Å². The molecule has 0 saturated carbocycles. The summed E-state index contributed by atoms with van der Waals surface area (Å²) in [6.45, 7) is 2.24. The predicted molar refractivity (Wildman–Crippen MR) is 79.8 cm³/mol. The van der Waals surface area contributed by atoms with Crippen molar-refractivity contribution in [1.82, 2.24) is 0 Å². The number of carbonyl (C=O) groups is 2. The largest absolute Gasteiger partial charge is 0.480 e. The minimum absolute atomic E-state index is 0.0237. The third kappa shape index (κ3) is 5.08. The highest BCUT2D eigenvalue weighted by Gasteiger charge is 2.19. The van der Waals surface area contributed by atoms with Gasteiger partial charge in [0.25, 0.3) is 0 Å². The Kier molecular flexibility index (Phi) is 6.88. The first kappa shape index (κ1) is 17.5. The molecule has 0 aliphatic rings. The van der Waals surface area contributed by atoms with Gasteiger partial charge in [0.2, 0.25) is 0 Å². The molecule has 0 amide bonds. The molecule has 1 unspecified atom stereocenters. The standard InChI is InChI=1S/C14H18N4O4/c1-2-3-6-22-14(21)11-8-10(17-18-16)5-4-9(11)7-12(15)13(19)20/h4-5,8,12H,2-3,6-7,15H2,1H3,(H,19,20). The molecule has 0 heterocycles. The number of aliphatic carboxylic acids is 1. The molecule has 1 aromatic rings. The average Bonchev–Trinajstić information content (AvgIpc) is 2.49. The fourth-order valence-electron chi connectivity index (χ4n) is 1.76. The molecule has 0 spiro atoms. The van der Waals surface area contributed by atoms with E-state index in [1.165, 1.54) is 18.2 Å². The molecule has 1 aromatic carbocycles. The molecule has 22 heavy (non-hydrogen) atoms. The number of carboxylic acid groups (broad SMARTS) is 1. The van der Waals surface area contributed by atoms with Gasteiger partial charge in [0.15, 0.2) is 0 Å². The van der Waals surface area contributed by atoms with Crippen LogP contribution < -0.4 is 5.73 Å². The van der Waals surface area contributed by atoms with Crippen LogP contribution in [0.1, 0.15) is 35.7 Å². The van der Waals surface area contributed by atoms with Crippen molar-refractivity contribution >= 4 is 17.6 Å². The normalized spacial score (nSPS) is 11.4. The van der Waals surface area contributed by atoms with Crippen LogP contribution in [0.5, 0.6) is 0 Å². The fourth-order valence-corrected chi connectivity index (χ4v) is 1.76. The third-order valence-electron chi connectivity index (χ3n) is 2.96. The summed E-state index contributed by atoms with van der Waals surface area (Å²) in [7, 11) is 0. The number of nitrogens with zero attached hydrogens (tertiary/aromatic N) is 3. The highest BCUT2D eigenvalue weighted by atomic mass is 16.5. The minimum atomic E-state index is -1.16. The molecule has 3 N–H and O–H groups in total. The van der Waals surface area contributed by atoms with Gasteiger partial charge in [-0.15, -0.1) is 0 Å². The Hall–Kier alpha value is -2.57. The Morgan fingerprint density at radius 3 is 2.82 bits per heavy atom. The second-order valence-corrected chi connectivity index (χ2v) is 4.67. The molecule has 1 atom stereocenters. The maximum absolute atomic E-state index is 12.1. The van der Waals surface area contributed by atoms with E-state index in [4.69, 9.17) is 21.1 Å². The van der Waals surface area contributed by atoms with Crippen molar-refractivity contribution in [2.45, 2.75) is 32.2 Å². The van der Waals surface area contributed by atoms with Crippen LogP contribution in [0.2, 0.25) is 0 Å². The van der Waals surface area contributed by atoms with Gasteiger partial charge in [0.1, 0.15) is 6.04 Å². The van der Waals surface area contributed by atoms with Crippen molar-refractivity contribution in [3.05, 3.63) is 39.8 Å². The van der Waals surface area contributed by atoms with Gasteiger partial charge in [-0.25, -0.2) is 4.79 Å². The molecule has 0 aromatic heterocycles. The highest BCUT2D eigenvalue weighted by Crippen LogP contribution is 2.21. The van der Waals surface area contributed by atoms with Crippen LogP contribution in [0, 0.1) is 0 Å². The number of carbonyl (C=O) groups excluding carboxylic acids is 1. The second-order valence-electron chi connectivity index (χ2n) is 4.67. The van der Waals surface area contributed by atoms with Crippen LogP contribution in [-0.2, 0) is 16.0 Å². The summed E-state index contributed by atoms with van der Waals surface area (Å²) in [5, 5.41) is 12.3. The minimum Gasteiger partial charge on any atom is -0.480 e. The molecule has 0 radical (unpaired) electrons. The third-order valence-corrected chi connectivity index (χ3v) is 2.96. The van der Waals surface area contributed by atoms with Crippen molar-refractivity contribution < 1.29 is 19.4 Å². The lowest BCUT2D eigenvalue weighted by Gasteiger charge is -2.12. The van der Waals surface area contributed by atoms with Crippen molar-refractivity contribution in [1.29, 1.82) is 0 Å². The lowest BCUT2D eigenvalue weighted by atomic mass is 10.00. The highest BCUT2D eigenvalue weighted by molar-refractivity contribution is 5.92. The first-order valence-electron chi connectivity index (χ1n) is 6.83. The second kappa shape index (κ2) is 8.66. The lowest BCUT2D eigenvalue weighted by molar-refractivity contribution is -0.138. The zero-order valence-electron chi connectivity index (χ0n) is 12.2. The number of hydrogen-bond donors (Lipinski definition) is 2. The molecule has 0 fully saturated rings. The van der Waals surface area contributed by atoms with E-state index < -0.39 is 18.0 Å². The van der Waals surface area contributed by atoms with Crippen LogP contribution in [0.15, 0.2) is 23.3 Å². The van der Waals surface area contributed by atoms with Gasteiger partial charge in [0, 0.05) is 10.6 Å². The van der Waals surface area contributed by atoms with E-state index in [0.29, 0.717) is 5.56 Å². The fraction of sp³-hybridized carbons (Fsp3) is 0.429. The number of hydrogen-bond acceptors (Lipinski definition) is 5. The number of benzene rings is 1. The van der Waals surface area contributed by atoms with Gasteiger partial charge in [-0.2, -0.15) is 0 Å². The van der Waals surface area contributed by atoms with Gasteiger partial charge >= 0.3 is 11.9 Å². The van der Waals surface area contributed by atoms with Crippen LogP contribution >= 0.6 is 0 Å². The van der Waals surface area contributed by atoms with Crippen LogP contribution in [0.25, 0.3) is 10.4 Å². The topological polar surface area (TPSA) is 138 Å². The predicted octanol–water partition coefficient (Wildman–Crippen LogP) is 2.54. The number of rotatable bonds is 8. The number of unbranched alkanes of at least 4 members (excludes halogenated alkanes) is 1. The molecule has 1 rings (SSSR count). The maximum atomic E-state index is 12.1. The Bertz CT molecular complexity index is 597. The number of ether oxygens (including phenoxy) is 1. The maximum Gasteiger partial charge on any atom is 0.338 e. The van der Waals surface area contributed by atoms with Crippen LogP contribution in [0.4, 0.5) is 5.69 Å². The van der Waals surface area contributed by atoms with E-state index in [0.717, 1.165) is 12.8 Å². The molecular weight excluding hydrogens is 288 g/mol. The van der Waals surface area contributed by atoms with Gasteiger partial charge in [-0.1, -0.05) is 30.6 Å². The molecule has 0 bridgehead atoms. The van der Waals surface area contributed by atoms with E-state index in [2.05, 4.69) is 10.0 Å². The summed E-state index contributed by atoms with van der Waals surface area (Å²) >= 11 is 0. The van der Waals surface area contributed by atoms with Crippen LogP contribution in [-0.4, -0.2) is 29.7 Å². The van der Waals surface area contributed by atoms with Gasteiger partial charge in [-0.3, -0.25) is 4.79 Å². The molecule has 8 nitrogen and oxygen atoms in total. The molecule has 118 valence electrons. The van der Waals surface area contributed by atoms with E-state index in [1.807, 2.05) is 6.92 Å². The van der Waals surface area contributed by atoms with Crippen molar-refractivity contribution in [2.24, 2.45) is 10.8 Å². The summed E-state index contributed by atoms with van der Waals surface area (Å²) in [5.41, 5.74) is 14.8. The number of esters is 1. The summed E-state index contributed by atoms with van der Waals surface area (Å²) in [5.74, 6) is -1.75. The molecule has 0 aliphatic carbocycles. The Labute approximate surface area is 127 Å². The zero-order valence-corrected chi connectivity index (χ0v) is 12.2. The van der Waals surface area contributed by atoms with E-state index in [9.17, 15) is 9.59 Å². The first-order chi connectivity index (χ1) is 10.5. The van der Waals surface area contributed by atoms with Gasteiger partial charge in [0.05, 0.1) is 12.2 Å². The summed E-state index contributed by atoms with van der Waals surface area (Å²) < 4.78 is 5.12. The summed E-state index contributed by atoms with van der Waals surface area (Å²) in [6.07, 6.45) is 1.58. The Morgan fingerprint density at radius 2 is 2.23 bits per heavy atom. The summed E-state index contributed by atoms with van der Waals surface area (Å²) in [4.78, 5) is 25.6.